The van der Waals surface area contributed by atoms with Crippen molar-refractivity contribution in [2.75, 3.05) is 0 Å². The average molecular weight is 204 g/mol. The van der Waals surface area contributed by atoms with E-state index in [-0.39, 0.29) is 0 Å². The third-order valence-corrected chi connectivity index (χ3v) is 3.48. The van der Waals surface area contributed by atoms with Crippen LogP contribution in [0.3, 0.4) is 0 Å². The first-order valence-corrected chi connectivity index (χ1v) is 5.59. The molecule has 1 aromatic carbocycles. The summed E-state index contributed by atoms with van der Waals surface area (Å²) in [7, 11) is 0. The normalized spacial score (nSPS) is 20.0. The molecule has 1 saturated carbocycles. The molecule has 0 heterocycles. The van der Waals surface area contributed by atoms with Gasteiger partial charge in [0.15, 0.2) is 0 Å². The molecule has 1 aromatic rings. The van der Waals surface area contributed by atoms with E-state index in [1.54, 1.807) is 0 Å². The van der Waals surface area contributed by atoms with Gasteiger partial charge in [-0.2, -0.15) is 0 Å². The van der Waals surface area contributed by atoms with Crippen molar-refractivity contribution in [1.82, 2.24) is 5.43 Å². The maximum atomic E-state index is 5.68. The van der Waals surface area contributed by atoms with Gasteiger partial charge in [0.1, 0.15) is 0 Å². The predicted molar refractivity (Wildman–Crippen MR) is 63.3 cm³/mol. The Balaban J connectivity index is 2.34. The van der Waals surface area contributed by atoms with E-state index in [1.165, 1.54) is 29.5 Å². The summed E-state index contributed by atoms with van der Waals surface area (Å²) in [5, 5.41) is 0. The Bertz CT molecular complexity index is 347. The summed E-state index contributed by atoms with van der Waals surface area (Å²) >= 11 is 0. The lowest BCUT2D eigenvalue weighted by atomic mass is 9.90. The molecule has 0 bridgehead atoms. The van der Waals surface area contributed by atoms with Crippen molar-refractivity contribution in [2.45, 2.75) is 39.7 Å². The van der Waals surface area contributed by atoms with Crippen LogP contribution in [0.4, 0.5) is 0 Å². The van der Waals surface area contributed by atoms with E-state index in [1.807, 2.05) is 0 Å². The van der Waals surface area contributed by atoms with E-state index in [0.717, 1.165) is 0 Å². The first kappa shape index (κ1) is 10.7. The molecule has 1 aliphatic carbocycles. The minimum atomic E-state index is 0.302. The highest BCUT2D eigenvalue weighted by molar-refractivity contribution is 5.32. The van der Waals surface area contributed by atoms with E-state index >= 15 is 0 Å². The molecule has 2 nitrogen and oxygen atoms in total. The summed E-state index contributed by atoms with van der Waals surface area (Å²) in [5.74, 6) is 5.68. The van der Waals surface area contributed by atoms with Gasteiger partial charge >= 0.3 is 0 Å². The molecule has 0 aromatic heterocycles. The van der Waals surface area contributed by atoms with E-state index in [4.69, 9.17) is 5.84 Å². The minimum Gasteiger partial charge on any atom is -0.271 e. The predicted octanol–water partition coefficient (Wildman–Crippen LogP) is 2.61. The van der Waals surface area contributed by atoms with Crippen molar-refractivity contribution < 1.29 is 0 Å². The van der Waals surface area contributed by atoms with Crippen LogP contribution >= 0.6 is 0 Å². The molecule has 2 rings (SSSR count). The van der Waals surface area contributed by atoms with Crippen LogP contribution in [0.1, 0.15) is 42.5 Å². The lowest BCUT2D eigenvalue weighted by Gasteiger charge is -2.23. The second-order valence-electron chi connectivity index (χ2n) is 5.17. The Kier molecular flexibility index (Phi) is 2.57. The van der Waals surface area contributed by atoms with Crippen molar-refractivity contribution in [3.05, 3.63) is 34.9 Å². The van der Waals surface area contributed by atoms with Crippen molar-refractivity contribution >= 4 is 0 Å². The molecule has 1 atom stereocenters. The Morgan fingerprint density at radius 1 is 1.20 bits per heavy atom. The van der Waals surface area contributed by atoms with Gasteiger partial charge in [-0.05, 0) is 37.7 Å². The summed E-state index contributed by atoms with van der Waals surface area (Å²) < 4.78 is 0. The summed E-state index contributed by atoms with van der Waals surface area (Å²) in [6.07, 6.45) is 2.55. The molecule has 2 heteroatoms. The molecule has 82 valence electrons. The standard InChI is InChI=1S/C13H20N2/c1-9-6-10(2)8-11(7-9)12(15-14)13(3)4-5-13/h6-8,12,15H,4-5,14H2,1-3H3. The smallest absolute Gasteiger partial charge is 0.0513 e. The van der Waals surface area contributed by atoms with E-state index in [2.05, 4.69) is 44.4 Å². The summed E-state index contributed by atoms with van der Waals surface area (Å²) in [5.41, 5.74) is 7.30. The third-order valence-electron chi connectivity index (χ3n) is 3.48. The molecular weight excluding hydrogens is 184 g/mol. The minimum absolute atomic E-state index is 0.302. The number of aryl methyl sites for hydroxylation is 2. The molecule has 1 fully saturated rings. The zero-order valence-corrected chi connectivity index (χ0v) is 9.80. The van der Waals surface area contributed by atoms with E-state index < -0.39 is 0 Å². The monoisotopic (exact) mass is 204 g/mol. The van der Waals surface area contributed by atoms with Crippen LogP contribution in [0.2, 0.25) is 0 Å². The maximum Gasteiger partial charge on any atom is 0.0513 e. The lowest BCUT2D eigenvalue weighted by Crippen LogP contribution is -2.33. The van der Waals surface area contributed by atoms with Gasteiger partial charge in [-0.25, -0.2) is 0 Å². The molecule has 0 radical (unpaired) electrons. The van der Waals surface area contributed by atoms with Gasteiger partial charge in [-0.1, -0.05) is 36.2 Å². The molecule has 0 saturated heterocycles. The van der Waals surface area contributed by atoms with Gasteiger partial charge in [0.05, 0.1) is 6.04 Å². The molecule has 1 aliphatic rings. The third kappa shape index (κ3) is 2.06. The lowest BCUT2D eigenvalue weighted by molar-refractivity contribution is 0.372. The van der Waals surface area contributed by atoms with Crippen molar-refractivity contribution in [2.24, 2.45) is 11.3 Å². The second kappa shape index (κ2) is 3.62. The van der Waals surface area contributed by atoms with Gasteiger partial charge in [-0.3, -0.25) is 11.3 Å². The molecular formula is C13H20N2. The Labute approximate surface area is 91.8 Å². The van der Waals surface area contributed by atoms with E-state index in [9.17, 15) is 0 Å². The number of nitrogens with two attached hydrogens (primary N) is 1. The Morgan fingerprint density at radius 3 is 2.13 bits per heavy atom. The fourth-order valence-electron chi connectivity index (χ4n) is 2.36. The topological polar surface area (TPSA) is 38.0 Å². The van der Waals surface area contributed by atoms with Crippen molar-refractivity contribution in [3.8, 4) is 0 Å². The molecule has 15 heavy (non-hydrogen) atoms. The molecule has 3 N–H and O–H groups in total. The molecule has 0 spiro atoms. The molecule has 0 amide bonds. The van der Waals surface area contributed by atoms with Crippen LogP contribution in [-0.2, 0) is 0 Å². The second-order valence-corrected chi connectivity index (χ2v) is 5.17. The highest BCUT2D eigenvalue weighted by atomic mass is 15.2. The SMILES string of the molecule is Cc1cc(C)cc(C(NN)C2(C)CC2)c1. The number of hydrogen-bond acceptors (Lipinski definition) is 2. The highest BCUT2D eigenvalue weighted by Gasteiger charge is 2.45. The quantitative estimate of drug-likeness (QED) is 0.586. The first-order chi connectivity index (χ1) is 7.05. The van der Waals surface area contributed by atoms with Gasteiger partial charge in [0.25, 0.3) is 0 Å². The number of hydrazine groups is 1. The molecule has 0 aliphatic heterocycles. The van der Waals surface area contributed by atoms with Gasteiger partial charge < -0.3 is 0 Å². The zero-order valence-electron chi connectivity index (χ0n) is 9.80. The zero-order chi connectivity index (χ0) is 11.1. The number of benzene rings is 1. The van der Waals surface area contributed by atoms with Crippen LogP contribution in [0.15, 0.2) is 18.2 Å². The van der Waals surface area contributed by atoms with Crippen LogP contribution in [0, 0.1) is 19.3 Å². The first-order valence-electron chi connectivity index (χ1n) is 5.59. The van der Waals surface area contributed by atoms with Gasteiger partial charge in [0.2, 0.25) is 0 Å². The summed E-state index contributed by atoms with van der Waals surface area (Å²) in [6.45, 7) is 6.58. The van der Waals surface area contributed by atoms with Crippen LogP contribution in [-0.4, -0.2) is 0 Å². The fourth-order valence-corrected chi connectivity index (χ4v) is 2.36. The number of hydrogen-bond donors (Lipinski definition) is 2. The van der Waals surface area contributed by atoms with Gasteiger partial charge in [-0.15, -0.1) is 0 Å². The van der Waals surface area contributed by atoms with Crippen LogP contribution in [0.5, 0.6) is 0 Å². The summed E-state index contributed by atoms with van der Waals surface area (Å²) in [4.78, 5) is 0. The Morgan fingerprint density at radius 2 is 1.73 bits per heavy atom. The van der Waals surface area contributed by atoms with Crippen molar-refractivity contribution in [1.29, 1.82) is 0 Å². The van der Waals surface area contributed by atoms with Gasteiger partial charge in [0, 0.05) is 0 Å². The maximum absolute atomic E-state index is 5.68. The Hall–Kier alpha value is -0.860. The van der Waals surface area contributed by atoms with Crippen LogP contribution < -0.4 is 11.3 Å². The fraction of sp³-hybridized carbons (Fsp3) is 0.538. The average Bonchev–Trinajstić information content (AvgIpc) is 2.83. The van der Waals surface area contributed by atoms with Crippen LogP contribution in [0.25, 0.3) is 0 Å². The number of nitrogens with one attached hydrogen (secondary N) is 1. The molecule has 1 unspecified atom stereocenters. The number of rotatable bonds is 3. The largest absolute Gasteiger partial charge is 0.271 e. The van der Waals surface area contributed by atoms with E-state index in [0.29, 0.717) is 11.5 Å². The highest BCUT2D eigenvalue weighted by Crippen LogP contribution is 2.54. The van der Waals surface area contributed by atoms with Crippen molar-refractivity contribution in [3.63, 3.8) is 0 Å². The summed E-state index contributed by atoms with van der Waals surface area (Å²) in [6, 6.07) is 6.98.